The molecule has 0 radical (unpaired) electrons. The molecule has 1 saturated heterocycles. The molecule has 1 atom stereocenters. The number of carbonyl (C=O) groups excluding carboxylic acids is 1. The minimum Gasteiger partial charge on any atom is -0.466 e. The van der Waals surface area contributed by atoms with Crippen LogP contribution < -0.4 is 4.90 Å². The van der Waals surface area contributed by atoms with Gasteiger partial charge in [0.1, 0.15) is 16.5 Å². The Labute approximate surface area is 193 Å². The maximum absolute atomic E-state index is 12.5. The number of benzene rings is 1. The fourth-order valence-corrected chi connectivity index (χ4v) is 6.32. The van der Waals surface area contributed by atoms with Crippen LogP contribution in [-0.4, -0.2) is 35.6 Å². The molecule has 168 valence electrons. The van der Waals surface area contributed by atoms with Crippen molar-refractivity contribution in [2.45, 2.75) is 58.3 Å². The van der Waals surface area contributed by atoms with Crippen molar-refractivity contribution in [1.29, 1.82) is 0 Å². The van der Waals surface area contributed by atoms with Crippen molar-refractivity contribution in [3.8, 4) is 0 Å². The Balaban J connectivity index is 1.50. The fourth-order valence-electron chi connectivity index (χ4n) is 5.04. The monoisotopic (exact) mass is 449 g/mol. The van der Waals surface area contributed by atoms with Gasteiger partial charge in [0.25, 0.3) is 0 Å². The van der Waals surface area contributed by atoms with Crippen LogP contribution in [0.3, 0.4) is 0 Å². The molecule has 1 aliphatic carbocycles. The summed E-state index contributed by atoms with van der Waals surface area (Å²) < 4.78 is 5.34. The summed E-state index contributed by atoms with van der Waals surface area (Å²) >= 11 is 1.86. The second-order valence-corrected chi connectivity index (χ2v) is 9.96. The quantitative estimate of drug-likeness (QED) is 0.488. The van der Waals surface area contributed by atoms with Crippen LogP contribution >= 0.6 is 11.3 Å². The maximum atomic E-state index is 12.5. The van der Waals surface area contributed by atoms with E-state index in [1.807, 2.05) is 18.3 Å². The van der Waals surface area contributed by atoms with E-state index < -0.39 is 0 Å². The molecule has 6 heteroatoms. The Bertz CT molecular complexity index is 1100. The molecule has 0 N–H and O–H groups in total. The molecular formula is C26H31N3O2S. The number of aryl methyl sites for hydroxylation is 4. The standard InChI is InChI=1S/C26H31N3O2S/c1-2-31-26(30)19-11-8-16-29(17-19)24-23-20-12-6-7-13-21(20)32-25(23)28-22(27-24)15-14-18-9-4-3-5-10-18/h3-5,9-10,19H,2,6-8,11-17H2,1H3/t19-/m0/s1. The molecule has 0 spiro atoms. The molecule has 2 aliphatic rings. The first-order chi connectivity index (χ1) is 15.7. The van der Waals surface area contributed by atoms with Gasteiger partial charge < -0.3 is 9.64 Å². The minimum atomic E-state index is -0.0732. The average molecular weight is 450 g/mol. The van der Waals surface area contributed by atoms with Crippen molar-refractivity contribution < 1.29 is 9.53 Å². The summed E-state index contributed by atoms with van der Waals surface area (Å²) in [4.78, 5) is 27.6. The number of esters is 1. The predicted octanol–water partition coefficient (Wildman–Crippen LogP) is 5.13. The van der Waals surface area contributed by atoms with Crippen LogP contribution in [0.1, 0.15) is 54.4 Å². The number of anilines is 1. The molecule has 1 aromatic carbocycles. The largest absolute Gasteiger partial charge is 0.466 e. The molecule has 0 unspecified atom stereocenters. The number of ether oxygens (including phenoxy) is 1. The highest BCUT2D eigenvalue weighted by atomic mass is 32.1. The van der Waals surface area contributed by atoms with Gasteiger partial charge in [-0.3, -0.25) is 4.79 Å². The molecule has 1 fully saturated rings. The van der Waals surface area contributed by atoms with Gasteiger partial charge in [-0.1, -0.05) is 30.3 Å². The van der Waals surface area contributed by atoms with E-state index in [9.17, 15) is 4.79 Å². The zero-order valence-electron chi connectivity index (χ0n) is 18.8. The van der Waals surface area contributed by atoms with E-state index in [2.05, 4.69) is 35.2 Å². The van der Waals surface area contributed by atoms with Gasteiger partial charge in [-0.2, -0.15) is 0 Å². The molecule has 0 amide bonds. The summed E-state index contributed by atoms with van der Waals surface area (Å²) in [7, 11) is 0. The third-order valence-corrected chi connectivity index (χ3v) is 7.85. The van der Waals surface area contributed by atoms with Gasteiger partial charge in [0.15, 0.2) is 0 Å². The van der Waals surface area contributed by atoms with Crippen LogP contribution in [0.25, 0.3) is 10.2 Å². The minimum absolute atomic E-state index is 0.0702. The third kappa shape index (κ3) is 4.38. The zero-order valence-corrected chi connectivity index (χ0v) is 19.6. The van der Waals surface area contributed by atoms with E-state index in [0.29, 0.717) is 13.2 Å². The van der Waals surface area contributed by atoms with Gasteiger partial charge in [0, 0.05) is 24.4 Å². The van der Waals surface area contributed by atoms with E-state index >= 15 is 0 Å². The van der Waals surface area contributed by atoms with Gasteiger partial charge in [-0.25, -0.2) is 9.97 Å². The van der Waals surface area contributed by atoms with Crippen molar-refractivity contribution in [2.75, 3.05) is 24.6 Å². The third-order valence-electron chi connectivity index (χ3n) is 6.66. The van der Waals surface area contributed by atoms with Gasteiger partial charge >= 0.3 is 5.97 Å². The molecule has 2 aromatic heterocycles. The Kier molecular flexibility index (Phi) is 6.39. The first-order valence-electron chi connectivity index (χ1n) is 12.0. The van der Waals surface area contributed by atoms with Crippen molar-refractivity contribution in [3.63, 3.8) is 0 Å². The summed E-state index contributed by atoms with van der Waals surface area (Å²) in [5, 5.41) is 1.25. The van der Waals surface area contributed by atoms with E-state index in [-0.39, 0.29) is 11.9 Å². The number of piperidine rings is 1. The number of carbonyl (C=O) groups is 1. The average Bonchev–Trinajstić information content (AvgIpc) is 3.21. The summed E-state index contributed by atoms with van der Waals surface area (Å²) in [6.07, 6.45) is 8.40. The number of fused-ring (bicyclic) bond motifs is 3. The molecule has 32 heavy (non-hydrogen) atoms. The first-order valence-corrected chi connectivity index (χ1v) is 12.8. The van der Waals surface area contributed by atoms with Crippen LogP contribution in [-0.2, 0) is 35.2 Å². The van der Waals surface area contributed by atoms with Crippen LogP contribution in [0.5, 0.6) is 0 Å². The smallest absolute Gasteiger partial charge is 0.310 e. The van der Waals surface area contributed by atoms with Crippen molar-refractivity contribution >= 4 is 33.3 Å². The molecular weight excluding hydrogens is 418 g/mol. The Hall–Kier alpha value is -2.47. The molecule has 5 nitrogen and oxygen atoms in total. The molecule has 5 rings (SSSR count). The van der Waals surface area contributed by atoms with E-state index in [0.717, 1.165) is 61.5 Å². The number of hydrogen-bond acceptors (Lipinski definition) is 6. The molecule has 0 saturated carbocycles. The number of hydrogen-bond donors (Lipinski definition) is 0. The molecule has 0 bridgehead atoms. The topological polar surface area (TPSA) is 55.3 Å². The highest BCUT2D eigenvalue weighted by Crippen LogP contribution is 2.40. The molecule has 3 heterocycles. The zero-order chi connectivity index (χ0) is 21.9. The SMILES string of the molecule is CCOC(=O)[C@H]1CCCN(c2nc(CCc3ccccc3)nc3sc4c(c23)CCCC4)C1. The van der Waals surface area contributed by atoms with Gasteiger partial charge in [-0.05, 0) is 63.0 Å². The van der Waals surface area contributed by atoms with Crippen molar-refractivity contribution in [2.24, 2.45) is 5.92 Å². The van der Waals surface area contributed by atoms with E-state index in [1.54, 1.807) is 0 Å². The number of nitrogens with zero attached hydrogens (tertiary/aromatic N) is 3. The summed E-state index contributed by atoms with van der Waals surface area (Å²) in [6.45, 7) is 3.94. The lowest BCUT2D eigenvalue weighted by atomic mass is 9.95. The predicted molar refractivity (Wildman–Crippen MR) is 129 cm³/mol. The van der Waals surface area contributed by atoms with Crippen LogP contribution in [0.15, 0.2) is 30.3 Å². The van der Waals surface area contributed by atoms with Crippen molar-refractivity contribution in [1.82, 2.24) is 9.97 Å². The number of aromatic nitrogens is 2. The number of thiophene rings is 1. The van der Waals surface area contributed by atoms with Gasteiger partial charge in [0.2, 0.25) is 0 Å². The second-order valence-electron chi connectivity index (χ2n) is 8.88. The van der Waals surface area contributed by atoms with Crippen molar-refractivity contribution in [3.05, 3.63) is 52.2 Å². The molecule has 1 aliphatic heterocycles. The highest BCUT2D eigenvalue weighted by Gasteiger charge is 2.30. The normalized spacial score (nSPS) is 18.5. The van der Waals surface area contributed by atoms with Crippen LogP contribution in [0.2, 0.25) is 0 Å². The van der Waals surface area contributed by atoms with Gasteiger partial charge in [0.05, 0.1) is 17.9 Å². The second kappa shape index (κ2) is 9.57. The maximum Gasteiger partial charge on any atom is 0.310 e. The number of rotatable bonds is 6. The Morgan fingerprint density at radius 1 is 1.12 bits per heavy atom. The summed E-state index contributed by atoms with van der Waals surface area (Å²) in [5.74, 6) is 1.81. The Morgan fingerprint density at radius 3 is 2.81 bits per heavy atom. The summed E-state index contributed by atoms with van der Waals surface area (Å²) in [6, 6.07) is 10.6. The lowest BCUT2D eigenvalue weighted by Gasteiger charge is -2.33. The van der Waals surface area contributed by atoms with Crippen LogP contribution in [0.4, 0.5) is 5.82 Å². The van der Waals surface area contributed by atoms with Gasteiger partial charge in [-0.15, -0.1) is 11.3 Å². The lowest BCUT2D eigenvalue weighted by molar-refractivity contribution is -0.148. The van der Waals surface area contributed by atoms with E-state index in [1.165, 1.54) is 34.2 Å². The first kappa shape index (κ1) is 21.4. The van der Waals surface area contributed by atoms with E-state index in [4.69, 9.17) is 14.7 Å². The molecule has 3 aromatic rings. The highest BCUT2D eigenvalue weighted by molar-refractivity contribution is 7.19. The summed E-state index contributed by atoms with van der Waals surface area (Å²) in [5.41, 5.74) is 2.77. The fraction of sp³-hybridized carbons (Fsp3) is 0.500. The lowest BCUT2D eigenvalue weighted by Crippen LogP contribution is -2.40. The Morgan fingerprint density at radius 2 is 1.97 bits per heavy atom. The van der Waals surface area contributed by atoms with Crippen LogP contribution in [0, 0.1) is 5.92 Å².